The molecule has 1 amide bonds. The second-order valence-corrected chi connectivity index (χ2v) is 7.02. The molecule has 3 N–H and O–H groups in total. The standard InChI is InChI=1S/C23H27N3O2/c1-18(12-13-22-11-6-14-28-22)25-20-9-5-10-21(15-20)26(17-23(24)27)16-19-7-3-2-4-8-19/h2-11,14-15,18,25H,12-13,16-17H2,1H3,(H2,24,27)/t18-/m1/s1. The Kier molecular flexibility index (Phi) is 6.73. The Morgan fingerprint density at radius 1 is 1.11 bits per heavy atom. The van der Waals surface area contributed by atoms with Crippen LogP contribution in [0.1, 0.15) is 24.7 Å². The number of furan rings is 1. The summed E-state index contributed by atoms with van der Waals surface area (Å²) in [6, 6.07) is 22.4. The van der Waals surface area contributed by atoms with E-state index in [9.17, 15) is 4.79 Å². The van der Waals surface area contributed by atoms with Crippen LogP contribution in [0.3, 0.4) is 0 Å². The first kappa shape index (κ1) is 19.5. The first-order valence-corrected chi connectivity index (χ1v) is 9.56. The zero-order valence-electron chi connectivity index (χ0n) is 16.2. The van der Waals surface area contributed by atoms with Gasteiger partial charge in [-0.15, -0.1) is 0 Å². The molecule has 1 atom stereocenters. The molecule has 0 aliphatic carbocycles. The molecule has 28 heavy (non-hydrogen) atoms. The van der Waals surface area contributed by atoms with Gasteiger partial charge in [-0.25, -0.2) is 0 Å². The van der Waals surface area contributed by atoms with E-state index in [2.05, 4.69) is 18.3 Å². The summed E-state index contributed by atoms with van der Waals surface area (Å²) < 4.78 is 5.40. The van der Waals surface area contributed by atoms with E-state index in [1.165, 1.54) is 0 Å². The molecule has 3 rings (SSSR count). The summed E-state index contributed by atoms with van der Waals surface area (Å²) >= 11 is 0. The van der Waals surface area contributed by atoms with Crippen LogP contribution in [0.2, 0.25) is 0 Å². The number of hydrogen-bond donors (Lipinski definition) is 2. The quantitative estimate of drug-likeness (QED) is 0.555. The van der Waals surface area contributed by atoms with Crippen molar-refractivity contribution in [2.24, 2.45) is 5.73 Å². The second kappa shape index (κ2) is 9.65. The van der Waals surface area contributed by atoms with Gasteiger partial charge in [-0.05, 0) is 49.2 Å². The van der Waals surface area contributed by atoms with Crippen molar-refractivity contribution in [2.75, 3.05) is 16.8 Å². The SMILES string of the molecule is C[C@H](CCc1ccco1)Nc1cccc(N(CC(N)=O)Cc2ccccc2)c1. The van der Waals surface area contributed by atoms with E-state index in [1.807, 2.05) is 65.6 Å². The predicted octanol–water partition coefficient (Wildman–Crippen LogP) is 4.20. The Bertz CT molecular complexity index is 863. The highest BCUT2D eigenvalue weighted by molar-refractivity contribution is 5.80. The number of nitrogens with one attached hydrogen (secondary N) is 1. The lowest BCUT2D eigenvalue weighted by Crippen LogP contribution is -2.33. The molecule has 5 nitrogen and oxygen atoms in total. The minimum Gasteiger partial charge on any atom is -0.469 e. The van der Waals surface area contributed by atoms with Gasteiger partial charge in [0.05, 0.1) is 12.8 Å². The molecule has 0 aliphatic heterocycles. The van der Waals surface area contributed by atoms with Crippen LogP contribution in [0.4, 0.5) is 11.4 Å². The first-order valence-electron chi connectivity index (χ1n) is 9.56. The number of rotatable bonds is 10. The number of nitrogens with two attached hydrogens (primary N) is 1. The van der Waals surface area contributed by atoms with Gasteiger partial charge in [0.25, 0.3) is 0 Å². The summed E-state index contributed by atoms with van der Waals surface area (Å²) in [4.78, 5) is 13.6. The zero-order valence-corrected chi connectivity index (χ0v) is 16.2. The monoisotopic (exact) mass is 377 g/mol. The Hall–Kier alpha value is -3.21. The number of amides is 1. The number of primary amides is 1. The molecule has 1 heterocycles. The normalized spacial score (nSPS) is 11.8. The number of carbonyl (C=O) groups is 1. The number of carbonyl (C=O) groups excluding carboxylic acids is 1. The molecule has 0 aliphatic rings. The van der Waals surface area contributed by atoms with E-state index in [1.54, 1.807) is 6.26 Å². The smallest absolute Gasteiger partial charge is 0.236 e. The fourth-order valence-electron chi connectivity index (χ4n) is 3.19. The van der Waals surface area contributed by atoms with Crippen molar-refractivity contribution in [3.05, 3.63) is 84.3 Å². The maximum Gasteiger partial charge on any atom is 0.236 e. The lowest BCUT2D eigenvalue weighted by molar-refractivity contribution is -0.116. The molecular formula is C23H27N3O2. The number of hydrogen-bond acceptors (Lipinski definition) is 4. The molecule has 0 saturated carbocycles. The molecule has 146 valence electrons. The fraction of sp³-hybridized carbons (Fsp3) is 0.261. The molecule has 2 aromatic carbocycles. The predicted molar refractivity (Wildman–Crippen MR) is 113 cm³/mol. The fourth-order valence-corrected chi connectivity index (χ4v) is 3.19. The minimum absolute atomic E-state index is 0.173. The summed E-state index contributed by atoms with van der Waals surface area (Å²) in [7, 11) is 0. The highest BCUT2D eigenvalue weighted by Crippen LogP contribution is 2.22. The van der Waals surface area contributed by atoms with Gasteiger partial charge in [-0.1, -0.05) is 36.4 Å². The Balaban J connectivity index is 1.67. The molecule has 5 heteroatoms. The number of aryl methyl sites for hydroxylation is 1. The van der Waals surface area contributed by atoms with Crippen molar-refractivity contribution >= 4 is 17.3 Å². The minimum atomic E-state index is -0.346. The molecule has 0 spiro atoms. The van der Waals surface area contributed by atoms with Crippen molar-refractivity contribution in [3.63, 3.8) is 0 Å². The van der Waals surface area contributed by atoms with Crippen LogP contribution >= 0.6 is 0 Å². The lowest BCUT2D eigenvalue weighted by atomic mass is 10.1. The molecule has 0 radical (unpaired) electrons. The van der Waals surface area contributed by atoms with Gasteiger partial charge in [0.2, 0.25) is 5.91 Å². The van der Waals surface area contributed by atoms with Crippen molar-refractivity contribution in [3.8, 4) is 0 Å². The van der Waals surface area contributed by atoms with E-state index in [-0.39, 0.29) is 12.5 Å². The molecule has 1 aromatic heterocycles. The summed E-state index contributed by atoms with van der Waals surface area (Å²) in [6.07, 6.45) is 3.56. The van der Waals surface area contributed by atoms with Crippen molar-refractivity contribution < 1.29 is 9.21 Å². The number of nitrogens with zero attached hydrogens (tertiary/aromatic N) is 1. The molecule has 3 aromatic rings. The molecule has 0 unspecified atom stereocenters. The number of benzene rings is 2. The van der Waals surface area contributed by atoms with Crippen LogP contribution in [0.15, 0.2) is 77.4 Å². The third kappa shape index (κ3) is 5.91. The highest BCUT2D eigenvalue weighted by atomic mass is 16.3. The largest absolute Gasteiger partial charge is 0.469 e. The summed E-state index contributed by atoms with van der Waals surface area (Å²) in [6.45, 7) is 2.95. The van der Waals surface area contributed by atoms with Gasteiger partial charge in [0.15, 0.2) is 0 Å². The maximum atomic E-state index is 11.6. The Morgan fingerprint density at radius 3 is 2.64 bits per heavy atom. The summed E-state index contributed by atoms with van der Waals surface area (Å²) in [5, 5.41) is 3.53. The average molecular weight is 377 g/mol. The highest BCUT2D eigenvalue weighted by Gasteiger charge is 2.12. The van der Waals surface area contributed by atoms with E-state index in [0.717, 1.165) is 35.5 Å². The summed E-state index contributed by atoms with van der Waals surface area (Å²) in [5.41, 5.74) is 8.60. The topological polar surface area (TPSA) is 71.5 Å². The molecule has 0 saturated heterocycles. The zero-order chi connectivity index (χ0) is 19.8. The maximum absolute atomic E-state index is 11.6. The van der Waals surface area contributed by atoms with Crippen molar-refractivity contribution in [1.82, 2.24) is 0 Å². The van der Waals surface area contributed by atoms with Gasteiger partial charge in [-0.3, -0.25) is 4.79 Å². The van der Waals surface area contributed by atoms with E-state index >= 15 is 0 Å². The summed E-state index contributed by atoms with van der Waals surface area (Å²) in [5.74, 6) is 0.652. The van der Waals surface area contributed by atoms with Gasteiger partial charge in [0, 0.05) is 30.4 Å². The van der Waals surface area contributed by atoms with Crippen LogP contribution in [-0.4, -0.2) is 18.5 Å². The first-order chi connectivity index (χ1) is 13.6. The van der Waals surface area contributed by atoms with Crippen LogP contribution < -0.4 is 16.0 Å². The van der Waals surface area contributed by atoms with E-state index in [4.69, 9.17) is 10.2 Å². The number of anilines is 2. The molecular weight excluding hydrogens is 350 g/mol. The van der Waals surface area contributed by atoms with Crippen molar-refractivity contribution in [2.45, 2.75) is 32.4 Å². The van der Waals surface area contributed by atoms with Crippen LogP contribution in [0, 0.1) is 0 Å². The molecule has 0 fully saturated rings. The van der Waals surface area contributed by atoms with Crippen molar-refractivity contribution in [1.29, 1.82) is 0 Å². The second-order valence-electron chi connectivity index (χ2n) is 7.02. The molecule has 0 bridgehead atoms. The third-order valence-corrected chi connectivity index (χ3v) is 4.59. The van der Waals surface area contributed by atoms with E-state index in [0.29, 0.717) is 12.6 Å². The van der Waals surface area contributed by atoms with Crippen LogP contribution in [-0.2, 0) is 17.8 Å². The average Bonchev–Trinajstić information content (AvgIpc) is 3.20. The van der Waals surface area contributed by atoms with Crippen LogP contribution in [0.5, 0.6) is 0 Å². The Labute approximate surface area is 166 Å². The lowest BCUT2D eigenvalue weighted by Gasteiger charge is -2.25. The van der Waals surface area contributed by atoms with Crippen LogP contribution in [0.25, 0.3) is 0 Å². The van der Waals surface area contributed by atoms with Gasteiger partial charge in [-0.2, -0.15) is 0 Å². The van der Waals surface area contributed by atoms with Gasteiger partial charge < -0.3 is 20.4 Å². The van der Waals surface area contributed by atoms with E-state index < -0.39 is 0 Å². The van der Waals surface area contributed by atoms with Gasteiger partial charge in [0.1, 0.15) is 5.76 Å². The van der Waals surface area contributed by atoms with Gasteiger partial charge >= 0.3 is 0 Å². The third-order valence-electron chi connectivity index (χ3n) is 4.59. The Morgan fingerprint density at radius 2 is 1.93 bits per heavy atom.